The van der Waals surface area contributed by atoms with Gasteiger partial charge in [0.1, 0.15) is 6.54 Å². The number of aromatic amines is 1. The Morgan fingerprint density at radius 1 is 1.50 bits per heavy atom. The summed E-state index contributed by atoms with van der Waals surface area (Å²) in [5.74, 6) is -0.265. The molecule has 0 unspecified atom stereocenters. The van der Waals surface area contributed by atoms with Gasteiger partial charge in [-0.05, 0) is 37.2 Å². The van der Waals surface area contributed by atoms with E-state index in [0.717, 1.165) is 19.3 Å². The molecule has 1 aliphatic carbocycles. The van der Waals surface area contributed by atoms with E-state index in [1.807, 2.05) is 13.0 Å². The van der Waals surface area contributed by atoms with E-state index in [2.05, 4.69) is 10.3 Å². The van der Waals surface area contributed by atoms with Crippen molar-refractivity contribution in [3.05, 3.63) is 39.4 Å². The van der Waals surface area contributed by atoms with Gasteiger partial charge in [-0.3, -0.25) is 14.2 Å². The van der Waals surface area contributed by atoms with E-state index in [1.54, 1.807) is 18.2 Å². The van der Waals surface area contributed by atoms with Gasteiger partial charge in [0.25, 0.3) is 5.56 Å². The van der Waals surface area contributed by atoms with E-state index < -0.39 is 0 Å². The second kappa shape index (κ2) is 6.49. The summed E-state index contributed by atoms with van der Waals surface area (Å²) in [7, 11) is 0. The van der Waals surface area contributed by atoms with Crippen LogP contribution in [0, 0.1) is 10.2 Å². The van der Waals surface area contributed by atoms with Gasteiger partial charge in [-0.2, -0.15) is 0 Å². The quantitative estimate of drug-likeness (QED) is 0.735. The predicted molar refractivity (Wildman–Crippen MR) is 94.4 cm³/mol. The number of carbonyl (C=O) groups excluding carboxylic acids is 1. The van der Waals surface area contributed by atoms with Crippen molar-refractivity contribution in [2.75, 3.05) is 6.61 Å². The first-order valence-corrected chi connectivity index (χ1v) is 8.47. The van der Waals surface area contributed by atoms with Gasteiger partial charge < -0.3 is 15.4 Å². The molecule has 1 heterocycles. The minimum atomic E-state index is -0.299. The molecule has 1 saturated carbocycles. The maximum absolute atomic E-state index is 12.6. The number of hydrogen-bond donors (Lipinski definition) is 3. The molecule has 3 N–H and O–H groups in total. The van der Waals surface area contributed by atoms with Crippen molar-refractivity contribution >= 4 is 29.0 Å². The third kappa shape index (κ3) is 3.01. The summed E-state index contributed by atoms with van der Waals surface area (Å²) in [5.41, 5.74) is 0.0843. The highest BCUT2D eigenvalue weighted by atomic mass is 32.1. The largest absolute Gasteiger partial charge is 0.396 e. The van der Waals surface area contributed by atoms with Crippen LogP contribution in [0.15, 0.2) is 29.1 Å². The van der Waals surface area contributed by atoms with Crippen molar-refractivity contribution in [2.45, 2.75) is 38.8 Å². The number of para-hydroxylation sites is 1. The zero-order valence-corrected chi connectivity index (χ0v) is 14.4. The molecule has 0 saturated heterocycles. The molecular weight excluding hydrogens is 326 g/mol. The summed E-state index contributed by atoms with van der Waals surface area (Å²) >= 11 is 5.22. The highest BCUT2D eigenvalue weighted by molar-refractivity contribution is 7.71. The van der Waals surface area contributed by atoms with Crippen molar-refractivity contribution in [2.24, 2.45) is 5.41 Å². The van der Waals surface area contributed by atoms with Crippen LogP contribution in [0.3, 0.4) is 0 Å². The third-order valence-electron chi connectivity index (χ3n) is 4.97. The number of aliphatic hydroxyl groups excluding tert-OH is 1. The van der Waals surface area contributed by atoms with Crippen LogP contribution >= 0.6 is 12.2 Å². The second-order valence-electron chi connectivity index (χ2n) is 6.69. The number of fused-ring (bicyclic) bond motifs is 1. The molecule has 0 bridgehead atoms. The van der Waals surface area contributed by atoms with Crippen LogP contribution in [0.25, 0.3) is 10.9 Å². The highest BCUT2D eigenvalue weighted by Crippen LogP contribution is 2.37. The number of H-pyrrole nitrogens is 1. The molecule has 0 radical (unpaired) electrons. The van der Waals surface area contributed by atoms with Gasteiger partial charge in [0.15, 0.2) is 4.77 Å². The first kappa shape index (κ1) is 16.9. The van der Waals surface area contributed by atoms with Crippen LogP contribution in [-0.4, -0.2) is 33.2 Å². The molecule has 128 valence electrons. The van der Waals surface area contributed by atoms with Crippen molar-refractivity contribution in [3.63, 3.8) is 0 Å². The Labute approximate surface area is 144 Å². The van der Waals surface area contributed by atoms with Gasteiger partial charge >= 0.3 is 0 Å². The van der Waals surface area contributed by atoms with Gasteiger partial charge in [-0.15, -0.1) is 0 Å². The summed E-state index contributed by atoms with van der Waals surface area (Å²) in [4.78, 5) is 27.9. The summed E-state index contributed by atoms with van der Waals surface area (Å²) in [6.45, 7) is 1.88. The Bertz CT molecular complexity index is 889. The average molecular weight is 347 g/mol. The van der Waals surface area contributed by atoms with Gasteiger partial charge in [-0.25, -0.2) is 0 Å². The number of nitrogens with zero attached hydrogens (tertiary/aromatic N) is 1. The zero-order valence-electron chi connectivity index (χ0n) is 13.5. The van der Waals surface area contributed by atoms with Crippen LogP contribution in [0.1, 0.15) is 26.2 Å². The molecule has 7 heteroatoms. The number of aliphatic hydroxyl groups is 1. The fraction of sp³-hybridized carbons (Fsp3) is 0.471. The van der Waals surface area contributed by atoms with E-state index >= 15 is 0 Å². The Morgan fingerprint density at radius 3 is 3.00 bits per heavy atom. The average Bonchev–Trinajstić information content (AvgIpc) is 2.93. The third-order valence-corrected chi connectivity index (χ3v) is 5.29. The van der Waals surface area contributed by atoms with Gasteiger partial charge in [-0.1, -0.05) is 25.5 Å². The van der Waals surface area contributed by atoms with Crippen molar-refractivity contribution in [3.8, 4) is 0 Å². The van der Waals surface area contributed by atoms with E-state index in [-0.39, 0.29) is 40.8 Å². The first-order chi connectivity index (χ1) is 11.4. The Balaban J connectivity index is 1.84. The molecule has 6 nitrogen and oxygen atoms in total. The predicted octanol–water partition coefficient (Wildman–Crippen LogP) is 1.73. The fourth-order valence-corrected chi connectivity index (χ4v) is 3.65. The maximum atomic E-state index is 12.6. The monoisotopic (exact) mass is 347 g/mol. The molecule has 24 heavy (non-hydrogen) atoms. The van der Waals surface area contributed by atoms with Gasteiger partial charge in [0, 0.05) is 11.5 Å². The van der Waals surface area contributed by atoms with Crippen LogP contribution in [-0.2, 0) is 11.3 Å². The van der Waals surface area contributed by atoms with Gasteiger partial charge in [0.2, 0.25) is 5.91 Å². The molecule has 3 rings (SSSR count). The standard InChI is InChI=1S/C17H21N3O3S/c1-17(10-21)8-4-7-13(17)19-14(22)9-20-15(23)11-5-2-3-6-12(11)18-16(20)24/h2-3,5-6,13,21H,4,7-10H2,1H3,(H,18,24)(H,19,22)/t13-,17+/m1/s1. The lowest BCUT2D eigenvalue weighted by Gasteiger charge is -2.30. The second-order valence-corrected chi connectivity index (χ2v) is 7.08. The molecule has 1 aromatic carbocycles. The number of carbonyl (C=O) groups is 1. The lowest BCUT2D eigenvalue weighted by molar-refractivity contribution is -0.123. The molecular formula is C17H21N3O3S. The molecule has 2 atom stereocenters. The SMILES string of the molecule is C[C@@]1(CO)CCC[C@H]1NC(=O)Cn1c(=S)[nH]c2ccccc2c1=O. The Morgan fingerprint density at radius 2 is 2.25 bits per heavy atom. The van der Waals surface area contributed by atoms with Crippen LogP contribution in [0.5, 0.6) is 0 Å². The summed E-state index contributed by atoms with van der Waals surface area (Å²) in [6.07, 6.45) is 2.69. The maximum Gasteiger partial charge on any atom is 0.262 e. The smallest absolute Gasteiger partial charge is 0.262 e. The van der Waals surface area contributed by atoms with Crippen LogP contribution < -0.4 is 10.9 Å². The topological polar surface area (TPSA) is 87.1 Å². The normalized spacial score (nSPS) is 23.5. The number of rotatable bonds is 4. The van der Waals surface area contributed by atoms with E-state index in [9.17, 15) is 14.7 Å². The van der Waals surface area contributed by atoms with Crippen molar-refractivity contribution in [1.82, 2.24) is 14.9 Å². The lowest BCUT2D eigenvalue weighted by Crippen LogP contribution is -2.46. The number of amides is 1. The molecule has 1 amide bonds. The zero-order chi connectivity index (χ0) is 17.3. The summed E-state index contributed by atoms with van der Waals surface area (Å²) in [6, 6.07) is 7.00. The lowest BCUT2D eigenvalue weighted by atomic mass is 9.86. The van der Waals surface area contributed by atoms with Crippen LogP contribution in [0.4, 0.5) is 0 Å². The minimum absolute atomic E-state index is 0.0356. The highest BCUT2D eigenvalue weighted by Gasteiger charge is 2.39. The molecule has 2 aromatic rings. The van der Waals surface area contributed by atoms with E-state index in [1.165, 1.54) is 4.57 Å². The molecule has 1 aliphatic rings. The van der Waals surface area contributed by atoms with Gasteiger partial charge in [0.05, 0.1) is 17.5 Å². The van der Waals surface area contributed by atoms with Crippen LogP contribution in [0.2, 0.25) is 0 Å². The van der Waals surface area contributed by atoms with Crippen molar-refractivity contribution < 1.29 is 9.90 Å². The fourth-order valence-electron chi connectivity index (χ4n) is 3.39. The molecule has 1 fully saturated rings. The summed E-state index contributed by atoms with van der Waals surface area (Å²) < 4.78 is 1.50. The summed E-state index contributed by atoms with van der Waals surface area (Å²) in [5, 5.41) is 13.0. The number of aromatic nitrogens is 2. The minimum Gasteiger partial charge on any atom is -0.396 e. The Kier molecular flexibility index (Phi) is 4.56. The number of nitrogens with one attached hydrogen (secondary N) is 2. The van der Waals surface area contributed by atoms with E-state index in [4.69, 9.17) is 12.2 Å². The molecule has 0 spiro atoms. The number of benzene rings is 1. The molecule has 0 aliphatic heterocycles. The van der Waals surface area contributed by atoms with E-state index in [0.29, 0.717) is 10.9 Å². The first-order valence-electron chi connectivity index (χ1n) is 8.07. The van der Waals surface area contributed by atoms with Crippen molar-refractivity contribution in [1.29, 1.82) is 0 Å². The Hall–Kier alpha value is -1.99. The number of hydrogen-bond acceptors (Lipinski definition) is 4. The molecule has 1 aromatic heterocycles.